The monoisotopic (exact) mass is 322 g/mol. The summed E-state index contributed by atoms with van der Waals surface area (Å²) in [5, 5.41) is 0. The van der Waals surface area contributed by atoms with E-state index in [1.54, 1.807) is 0 Å². The van der Waals surface area contributed by atoms with Gasteiger partial charge in [0.2, 0.25) is 0 Å². The number of ether oxygens (including phenoxy) is 1. The van der Waals surface area contributed by atoms with E-state index in [0.29, 0.717) is 5.92 Å². The van der Waals surface area contributed by atoms with Gasteiger partial charge in [0.25, 0.3) is 0 Å². The standard InChI is InChI=1S/C12H19IO2/c1-3-10(13)11(14)15-12(2)7-8-4-5-9(12)6-8/h8-10H,3-7H2,1-2H3/t8?,9-,10?,12?/m1/s1. The molecule has 3 heteroatoms. The highest BCUT2D eigenvalue weighted by Gasteiger charge is 2.50. The molecule has 4 atom stereocenters. The lowest BCUT2D eigenvalue weighted by Gasteiger charge is -2.34. The summed E-state index contributed by atoms with van der Waals surface area (Å²) in [5.41, 5.74) is -0.140. The Balaban J connectivity index is 1.97. The number of rotatable bonds is 3. The molecule has 0 aromatic heterocycles. The van der Waals surface area contributed by atoms with Crippen molar-refractivity contribution in [2.24, 2.45) is 11.8 Å². The molecule has 0 aliphatic heterocycles. The Morgan fingerprint density at radius 1 is 1.60 bits per heavy atom. The molecule has 86 valence electrons. The summed E-state index contributed by atoms with van der Waals surface area (Å²) in [7, 11) is 0. The van der Waals surface area contributed by atoms with E-state index in [0.717, 1.165) is 18.8 Å². The summed E-state index contributed by atoms with van der Waals surface area (Å²) in [5.74, 6) is 1.45. The van der Waals surface area contributed by atoms with Crippen molar-refractivity contribution < 1.29 is 9.53 Å². The van der Waals surface area contributed by atoms with Gasteiger partial charge in [-0.05, 0) is 50.9 Å². The van der Waals surface area contributed by atoms with E-state index < -0.39 is 0 Å². The van der Waals surface area contributed by atoms with Gasteiger partial charge in [-0.15, -0.1) is 0 Å². The van der Waals surface area contributed by atoms with Crippen molar-refractivity contribution >= 4 is 28.6 Å². The van der Waals surface area contributed by atoms with Gasteiger partial charge in [0.15, 0.2) is 0 Å². The largest absolute Gasteiger partial charge is 0.458 e. The van der Waals surface area contributed by atoms with Crippen LogP contribution in [0.4, 0.5) is 0 Å². The van der Waals surface area contributed by atoms with Crippen molar-refractivity contribution in [2.45, 2.75) is 55.5 Å². The predicted molar refractivity (Wildman–Crippen MR) is 68.0 cm³/mol. The zero-order chi connectivity index (χ0) is 11.1. The van der Waals surface area contributed by atoms with Gasteiger partial charge in [-0.1, -0.05) is 29.5 Å². The number of hydrogen-bond donors (Lipinski definition) is 0. The molecular formula is C12H19IO2. The quantitative estimate of drug-likeness (QED) is 0.453. The highest BCUT2D eigenvalue weighted by Crippen LogP contribution is 2.52. The number of carbonyl (C=O) groups is 1. The van der Waals surface area contributed by atoms with Crippen LogP contribution >= 0.6 is 22.6 Å². The smallest absolute Gasteiger partial charge is 0.319 e. The number of fused-ring (bicyclic) bond motifs is 2. The highest BCUT2D eigenvalue weighted by atomic mass is 127. The normalized spacial score (nSPS) is 40.5. The number of carbonyl (C=O) groups excluding carboxylic acids is 1. The molecule has 3 unspecified atom stereocenters. The van der Waals surface area contributed by atoms with Crippen LogP contribution in [0.25, 0.3) is 0 Å². The Kier molecular flexibility index (Phi) is 3.29. The van der Waals surface area contributed by atoms with Crippen LogP contribution < -0.4 is 0 Å². The summed E-state index contributed by atoms with van der Waals surface area (Å²) >= 11 is 2.18. The van der Waals surface area contributed by atoms with Gasteiger partial charge in [0, 0.05) is 0 Å². The van der Waals surface area contributed by atoms with Crippen molar-refractivity contribution in [1.29, 1.82) is 0 Å². The maximum Gasteiger partial charge on any atom is 0.319 e. The van der Waals surface area contributed by atoms with Crippen LogP contribution in [-0.4, -0.2) is 15.5 Å². The van der Waals surface area contributed by atoms with Gasteiger partial charge in [-0.2, -0.15) is 0 Å². The van der Waals surface area contributed by atoms with Gasteiger partial charge < -0.3 is 4.74 Å². The fourth-order valence-corrected chi connectivity index (χ4v) is 3.27. The molecule has 2 nitrogen and oxygen atoms in total. The molecule has 0 aromatic carbocycles. The SMILES string of the molecule is CCC(I)C(=O)OC1(C)CC2CC[C@@H]1C2. The first-order valence-electron chi connectivity index (χ1n) is 5.92. The molecule has 2 aliphatic rings. The van der Waals surface area contributed by atoms with E-state index in [2.05, 4.69) is 29.5 Å². The summed E-state index contributed by atoms with van der Waals surface area (Å²) in [6.07, 6.45) is 5.84. The minimum Gasteiger partial charge on any atom is -0.458 e. The zero-order valence-electron chi connectivity index (χ0n) is 9.46. The van der Waals surface area contributed by atoms with Gasteiger partial charge in [-0.25, -0.2) is 0 Å². The summed E-state index contributed by atoms with van der Waals surface area (Å²) in [6, 6.07) is 0. The molecule has 0 spiro atoms. The predicted octanol–water partition coefficient (Wildman–Crippen LogP) is 3.32. The summed E-state index contributed by atoms with van der Waals surface area (Å²) in [6.45, 7) is 4.16. The Hall–Kier alpha value is 0.200. The first kappa shape index (κ1) is 11.7. The Morgan fingerprint density at radius 3 is 2.80 bits per heavy atom. The lowest BCUT2D eigenvalue weighted by molar-refractivity contribution is -0.162. The van der Waals surface area contributed by atoms with E-state index in [-0.39, 0.29) is 15.5 Å². The molecule has 2 aliphatic carbocycles. The number of halogens is 1. The molecule has 0 N–H and O–H groups in total. The van der Waals surface area contributed by atoms with Crippen LogP contribution in [-0.2, 0) is 9.53 Å². The second-order valence-corrected chi connectivity index (χ2v) is 6.69. The zero-order valence-corrected chi connectivity index (χ0v) is 11.6. The van der Waals surface area contributed by atoms with E-state index in [1.807, 2.05) is 6.92 Å². The van der Waals surface area contributed by atoms with Crippen molar-refractivity contribution in [3.63, 3.8) is 0 Å². The molecule has 2 saturated carbocycles. The lowest BCUT2D eigenvalue weighted by atomic mass is 9.86. The van der Waals surface area contributed by atoms with E-state index in [1.165, 1.54) is 19.3 Å². The number of hydrogen-bond acceptors (Lipinski definition) is 2. The number of esters is 1. The van der Waals surface area contributed by atoms with Crippen molar-refractivity contribution in [1.82, 2.24) is 0 Å². The fourth-order valence-electron chi connectivity index (χ4n) is 3.14. The topological polar surface area (TPSA) is 26.3 Å². The average Bonchev–Trinajstić information content (AvgIpc) is 2.75. The molecule has 15 heavy (non-hydrogen) atoms. The van der Waals surface area contributed by atoms with E-state index in [9.17, 15) is 4.79 Å². The third kappa shape index (κ3) is 2.17. The molecule has 0 heterocycles. The maximum absolute atomic E-state index is 11.8. The van der Waals surface area contributed by atoms with Gasteiger partial charge in [0.05, 0.1) is 0 Å². The molecule has 0 aromatic rings. The second-order valence-electron chi connectivity index (χ2n) is 5.19. The van der Waals surface area contributed by atoms with Crippen LogP contribution in [0.5, 0.6) is 0 Å². The Bertz CT molecular complexity index is 266. The van der Waals surface area contributed by atoms with Crippen LogP contribution in [0, 0.1) is 11.8 Å². The molecule has 0 radical (unpaired) electrons. The average molecular weight is 322 g/mol. The van der Waals surface area contributed by atoms with Crippen molar-refractivity contribution in [2.75, 3.05) is 0 Å². The first-order valence-corrected chi connectivity index (χ1v) is 7.16. The molecule has 2 rings (SSSR count). The van der Waals surface area contributed by atoms with Crippen LogP contribution in [0.3, 0.4) is 0 Å². The highest BCUT2D eigenvalue weighted by molar-refractivity contribution is 14.1. The number of alkyl halides is 1. The molecular weight excluding hydrogens is 303 g/mol. The van der Waals surface area contributed by atoms with Crippen molar-refractivity contribution in [3.05, 3.63) is 0 Å². The molecule has 0 amide bonds. The van der Waals surface area contributed by atoms with Crippen LogP contribution in [0.15, 0.2) is 0 Å². The minimum absolute atomic E-state index is 0.00634. The third-order valence-corrected chi connectivity index (χ3v) is 5.44. The third-order valence-electron chi connectivity index (χ3n) is 4.05. The van der Waals surface area contributed by atoms with Crippen LogP contribution in [0.2, 0.25) is 0 Å². The van der Waals surface area contributed by atoms with E-state index >= 15 is 0 Å². The summed E-state index contributed by atoms with van der Waals surface area (Å²) < 4.78 is 5.77. The molecule has 2 bridgehead atoms. The second kappa shape index (κ2) is 4.22. The fraction of sp³-hybridized carbons (Fsp3) is 0.917. The maximum atomic E-state index is 11.8. The first-order chi connectivity index (χ1) is 7.05. The lowest BCUT2D eigenvalue weighted by Crippen LogP contribution is -2.39. The molecule has 0 saturated heterocycles. The Labute approximate surface area is 105 Å². The summed E-state index contributed by atoms with van der Waals surface area (Å²) in [4.78, 5) is 11.8. The van der Waals surface area contributed by atoms with Gasteiger partial charge in [0.1, 0.15) is 9.53 Å². The van der Waals surface area contributed by atoms with Crippen molar-refractivity contribution in [3.8, 4) is 0 Å². The van der Waals surface area contributed by atoms with E-state index in [4.69, 9.17) is 4.74 Å². The minimum atomic E-state index is -0.140. The van der Waals surface area contributed by atoms with Gasteiger partial charge in [-0.3, -0.25) is 4.79 Å². The molecule has 2 fully saturated rings. The van der Waals surface area contributed by atoms with Crippen LogP contribution in [0.1, 0.15) is 46.0 Å². The van der Waals surface area contributed by atoms with Gasteiger partial charge >= 0.3 is 5.97 Å². The Morgan fingerprint density at radius 2 is 2.33 bits per heavy atom.